The number of hydrogen-bond acceptors (Lipinski definition) is 2. The molecule has 2 aromatic carbocycles. The predicted octanol–water partition coefficient (Wildman–Crippen LogP) is 5.84. The SMILES string of the molecule is Cc1cc(C)c(N[C@H](C)[C@@H](C)Nc2c(C)cc(C)cc2C)c(C)c1. The summed E-state index contributed by atoms with van der Waals surface area (Å²) in [6, 6.07) is 9.63. The van der Waals surface area contributed by atoms with E-state index < -0.39 is 0 Å². The van der Waals surface area contributed by atoms with Crippen LogP contribution in [0.3, 0.4) is 0 Å². The summed E-state index contributed by atoms with van der Waals surface area (Å²) in [5.41, 5.74) is 10.4. The molecule has 130 valence electrons. The third kappa shape index (κ3) is 4.11. The molecule has 2 heteroatoms. The Bertz CT molecular complexity index is 621. The Hall–Kier alpha value is -1.96. The standard InChI is InChI=1S/C22H32N2/c1-13-9-15(3)21(16(4)10-13)23-19(7)20(8)24-22-17(5)11-14(2)12-18(22)6/h9-12,19-20,23-24H,1-8H3/t19-,20-/m1/s1. The fourth-order valence-electron chi connectivity index (χ4n) is 3.52. The second-order valence-electron chi connectivity index (χ2n) is 7.41. The first-order chi connectivity index (χ1) is 11.2. The molecule has 2 N–H and O–H groups in total. The first-order valence-electron chi connectivity index (χ1n) is 8.87. The number of nitrogens with one attached hydrogen (secondary N) is 2. The van der Waals surface area contributed by atoms with Crippen LogP contribution in [0.4, 0.5) is 11.4 Å². The lowest BCUT2D eigenvalue weighted by Crippen LogP contribution is -2.35. The zero-order valence-corrected chi connectivity index (χ0v) is 16.5. The second-order valence-corrected chi connectivity index (χ2v) is 7.41. The van der Waals surface area contributed by atoms with Gasteiger partial charge in [0, 0.05) is 23.5 Å². The van der Waals surface area contributed by atoms with Crippen LogP contribution in [-0.2, 0) is 0 Å². The van der Waals surface area contributed by atoms with Gasteiger partial charge in [0.2, 0.25) is 0 Å². The molecule has 0 saturated carbocycles. The maximum absolute atomic E-state index is 3.71. The zero-order valence-electron chi connectivity index (χ0n) is 16.5. The molecule has 0 saturated heterocycles. The lowest BCUT2D eigenvalue weighted by Gasteiger charge is -2.28. The largest absolute Gasteiger partial charge is 0.380 e. The van der Waals surface area contributed by atoms with Gasteiger partial charge in [0.25, 0.3) is 0 Å². The molecule has 2 aromatic rings. The molecule has 24 heavy (non-hydrogen) atoms. The van der Waals surface area contributed by atoms with Crippen LogP contribution >= 0.6 is 0 Å². The molecular formula is C22H32N2. The van der Waals surface area contributed by atoms with Gasteiger partial charge in [-0.3, -0.25) is 0 Å². The molecule has 2 nitrogen and oxygen atoms in total. The van der Waals surface area contributed by atoms with Gasteiger partial charge in [-0.15, -0.1) is 0 Å². The molecule has 0 radical (unpaired) electrons. The van der Waals surface area contributed by atoms with E-state index in [-0.39, 0.29) is 0 Å². The van der Waals surface area contributed by atoms with Crippen LogP contribution in [0.15, 0.2) is 24.3 Å². The van der Waals surface area contributed by atoms with Gasteiger partial charge in [-0.25, -0.2) is 0 Å². The van der Waals surface area contributed by atoms with Gasteiger partial charge in [-0.1, -0.05) is 35.4 Å². The van der Waals surface area contributed by atoms with E-state index in [0.29, 0.717) is 12.1 Å². The molecule has 0 unspecified atom stereocenters. The third-order valence-electron chi connectivity index (χ3n) is 4.85. The molecule has 2 rings (SSSR count). The highest BCUT2D eigenvalue weighted by Crippen LogP contribution is 2.26. The fraction of sp³-hybridized carbons (Fsp3) is 0.455. The Morgan fingerprint density at radius 1 is 0.542 bits per heavy atom. The van der Waals surface area contributed by atoms with Crippen LogP contribution in [0.1, 0.15) is 47.2 Å². The summed E-state index contributed by atoms with van der Waals surface area (Å²) in [6.45, 7) is 17.5. The summed E-state index contributed by atoms with van der Waals surface area (Å²) in [5, 5.41) is 7.43. The van der Waals surface area contributed by atoms with Gasteiger partial charge in [0.05, 0.1) is 0 Å². The Balaban J connectivity index is 2.15. The van der Waals surface area contributed by atoms with Crippen molar-refractivity contribution in [3.63, 3.8) is 0 Å². The van der Waals surface area contributed by atoms with E-state index in [0.717, 1.165) is 0 Å². The Labute approximate surface area is 147 Å². The first kappa shape index (κ1) is 18.4. The molecule has 0 spiro atoms. The summed E-state index contributed by atoms with van der Waals surface area (Å²) < 4.78 is 0. The van der Waals surface area contributed by atoms with Gasteiger partial charge in [-0.05, 0) is 77.6 Å². The van der Waals surface area contributed by atoms with E-state index in [1.165, 1.54) is 44.8 Å². The number of hydrogen-bond donors (Lipinski definition) is 2. The van der Waals surface area contributed by atoms with Crippen molar-refractivity contribution in [1.82, 2.24) is 0 Å². The molecule has 0 aliphatic heterocycles. The smallest absolute Gasteiger partial charge is 0.0432 e. The molecule has 0 fully saturated rings. The van der Waals surface area contributed by atoms with Crippen molar-refractivity contribution in [3.8, 4) is 0 Å². The normalized spacial score (nSPS) is 13.5. The summed E-state index contributed by atoms with van der Waals surface area (Å²) in [4.78, 5) is 0. The zero-order chi connectivity index (χ0) is 18.0. The van der Waals surface area contributed by atoms with Crippen LogP contribution in [0.2, 0.25) is 0 Å². The van der Waals surface area contributed by atoms with Crippen molar-refractivity contribution in [1.29, 1.82) is 0 Å². The van der Waals surface area contributed by atoms with Gasteiger partial charge in [0.1, 0.15) is 0 Å². The lowest BCUT2D eigenvalue weighted by molar-refractivity contribution is 0.675. The Kier molecular flexibility index (Phi) is 5.58. The van der Waals surface area contributed by atoms with Crippen LogP contribution in [0.5, 0.6) is 0 Å². The molecule has 0 heterocycles. The lowest BCUT2D eigenvalue weighted by atomic mass is 10.0. The quantitative estimate of drug-likeness (QED) is 0.722. The monoisotopic (exact) mass is 324 g/mol. The molecule has 0 aromatic heterocycles. The van der Waals surface area contributed by atoms with Crippen molar-refractivity contribution >= 4 is 11.4 Å². The summed E-state index contributed by atoms with van der Waals surface area (Å²) >= 11 is 0. The van der Waals surface area contributed by atoms with Gasteiger partial charge < -0.3 is 10.6 Å². The molecule has 2 atom stereocenters. The van der Waals surface area contributed by atoms with E-state index >= 15 is 0 Å². The van der Waals surface area contributed by atoms with Crippen LogP contribution in [0.25, 0.3) is 0 Å². The maximum atomic E-state index is 3.71. The first-order valence-corrected chi connectivity index (χ1v) is 8.87. The highest BCUT2D eigenvalue weighted by Gasteiger charge is 2.16. The number of aryl methyl sites for hydroxylation is 6. The minimum Gasteiger partial charge on any atom is -0.380 e. The topological polar surface area (TPSA) is 24.1 Å². The molecule has 0 aliphatic carbocycles. The average molecular weight is 325 g/mol. The minimum atomic E-state index is 0.324. The highest BCUT2D eigenvalue weighted by molar-refractivity contribution is 5.61. The summed E-state index contributed by atoms with van der Waals surface area (Å²) in [7, 11) is 0. The van der Waals surface area contributed by atoms with E-state index in [1.54, 1.807) is 0 Å². The molecule has 0 aliphatic rings. The highest BCUT2D eigenvalue weighted by atomic mass is 15.0. The number of anilines is 2. The van der Waals surface area contributed by atoms with E-state index in [4.69, 9.17) is 0 Å². The van der Waals surface area contributed by atoms with E-state index in [9.17, 15) is 0 Å². The Morgan fingerprint density at radius 3 is 1.04 bits per heavy atom. The molecule has 0 amide bonds. The number of rotatable bonds is 5. The van der Waals surface area contributed by atoms with Crippen LogP contribution in [0, 0.1) is 41.5 Å². The van der Waals surface area contributed by atoms with Gasteiger partial charge in [0.15, 0.2) is 0 Å². The average Bonchev–Trinajstić information content (AvgIpc) is 2.46. The van der Waals surface area contributed by atoms with Crippen molar-refractivity contribution < 1.29 is 0 Å². The maximum Gasteiger partial charge on any atom is 0.0432 e. The number of benzene rings is 2. The molecular weight excluding hydrogens is 292 g/mol. The van der Waals surface area contributed by atoms with Crippen LogP contribution < -0.4 is 10.6 Å². The van der Waals surface area contributed by atoms with Crippen molar-refractivity contribution in [2.24, 2.45) is 0 Å². The van der Waals surface area contributed by atoms with Crippen molar-refractivity contribution in [2.45, 2.75) is 67.5 Å². The van der Waals surface area contributed by atoms with E-state index in [2.05, 4.69) is 90.3 Å². The van der Waals surface area contributed by atoms with Crippen molar-refractivity contribution in [2.75, 3.05) is 10.6 Å². The Morgan fingerprint density at radius 2 is 0.792 bits per heavy atom. The van der Waals surface area contributed by atoms with Crippen LogP contribution in [-0.4, -0.2) is 12.1 Å². The second kappa shape index (κ2) is 7.29. The van der Waals surface area contributed by atoms with Gasteiger partial charge >= 0.3 is 0 Å². The van der Waals surface area contributed by atoms with Gasteiger partial charge in [-0.2, -0.15) is 0 Å². The van der Waals surface area contributed by atoms with E-state index in [1.807, 2.05) is 0 Å². The minimum absolute atomic E-state index is 0.324. The van der Waals surface area contributed by atoms with Crippen molar-refractivity contribution in [3.05, 3.63) is 57.6 Å². The molecule has 0 bridgehead atoms. The summed E-state index contributed by atoms with van der Waals surface area (Å²) in [6.07, 6.45) is 0. The predicted molar refractivity (Wildman–Crippen MR) is 107 cm³/mol. The third-order valence-corrected chi connectivity index (χ3v) is 4.85. The fourth-order valence-corrected chi connectivity index (χ4v) is 3.52. The summed E-state index contributed by atoms with van der Waals surface area (Å²) in [5.74, 6) is 0.